The van der Waals surface area contributed by atoms with Crippen LogP contribution in [0, 0.1) is 0 Å². The third-order valence-electron chi connectivity index (χ3n) is 3.01. The lowest BCUT2D eigenvalue weighted by atomic mass is 10.3. The molecule has 1 saturated carbocycles. The molecule has 0 atom stereocenters. The van der Waals surface area contributed by atoms with Crippen molar-refractivity contribution in [3.8, 4) is 0 Å². The van der Waals surface area contributed by atoms with E-state index in [-0.39, 0.29) is 37.4 Å². The summed E-state index contributed by atoms with van der Waals surface area (Å²) in [5, 5.41) is 15.5. The van der Waals surface area contributed by atoms with Gasteiger partial charge in [0.05, 0.1) is 31.5 Å². The van der Waals surface area contributed by atoms with Crippen LogP contribution in [0.2, 0.25) is 20.1 Å². The van der Waals surface area contributed by atoms with Gasteiger partial charge in [-0.05, 0) is 18.9 Å². The summed E-state index contributed by atoms with van der Waals surface area (Å²) in [7, 11) is 0. The number of anilines is 2. The number of amides is 1. The molecule has 1 fully saturated rings. The summed E-state index contributed by atoms with van der Waals surface area (Å²) in [6, 6.07) is 1.93. The Balaban J connectivity index is 1.58. The van der Waals surface area contributed by atoms with Crippen molar-refractivity contribution in [3.05, 3.63) is 26.2 Å². The molecule has 11 heteroatoms. The molecule has 0 unspecified atom stereocenters. The van der Waals surface area contributed by atoms with Gasteiger partial charge in [0.15, 0.2) is 4.34 Å². The molecule has 0 spiro atoms. The van der Waals surface area contributed by atoms with Gasteiger partial charge in [-0.25, -0.2) is 0 Å². The van der Waals surface area contributed by atoms with Crippen LogP contribution in [-0.4, -0.2) is 27.9 Å². The molecule has 2 N–H and O–H groups in total. The molecule has 0 saturated heterocycles. The van der Waals surface area contributed by atoms with Crippen molar-refractivity contribution in [1.82, 2.24) is 10.2 Å². The number of carbonyl (C=O) groups excluding carboxylic acids is 1. The topological polar surface area (TPSA) is 66.9 Å². The minimum atomic E-state index is -0.297. The van der Waals surface area contributed by atoms with Crippen molar-refractivity contribution < 1.29 is 4.79 Å². The Morgan fingerprint density at radius 1 is 1.21 bits per heavy atom. The van der Waals surface area contributed by atoms with Gasteiger partial charge in [0, 0.05) is 6.04 Å². The first-order valence-corrected chi connectivity index (χ1v) is 10.1. The number of thioether (sulfide) groups is 1. The maximum Gasteiger partial charge on any atom is 0.234 e. The number of aromatic nitrogens is 2. The van der Waals surface area contributed by atoms with Gasteiger partial charge in [0.2, 0.25) is 11.0 Å². The Morgan fingerprint density at radius 2 is 1.88 bits per heavy atom. The van der Waals surface area contributed by atoms with Crippen LogP contribution in [0.4, 0.5) is 10.8 Å². The van der Waals surface area contributed by atoms with E-state index in [9.17, 15) is 4.79 Å². The molecule has 0 aliphatic heterocycles. The second kappa shape index (κ2) is 7.85. The molecule has 1 aromatic heterocycles. The van der Waals surface area contributed by atoms with Gasteiger partial charge in [0.25, 0.3) is 0 Å². The molecule has 1 aliphatic rings. The Hall–Kier alpha value is -0.440. The molecule has 0 bridgehead atoms. The second-order valence-electron chi connectivity index (χ2n) is 4.97. The van der Waals surface area contributed by atoms with Crippen molar-refractivity contribution in [1.29, 1.82) is 0 Å². The predicted octanol–water partition coefficient (Wildman–Crippen LogP) is 5.46. The van der Waals surface area contributed by atoms with Crippen LogP contribution in [-0.2, 0) is 4.79 Å². The van der Waals surface area contributed by atoms with Gasteiger partial charge in [-0.2, -0.15) is 0 Å². The van der Waals surface area contributed by atoms with Gasteiger partial charge < -0.3 is 10.6 Å². The summed E-state index contributed by atoms with van der Waals surface area (Å²) in [5.74, 6) is -0.163. The standard InChI is InChI=1S/C13H10Cl4N4OS2/c14-6-3-7(15)10(17)11(9(6)16)19-8(22)4-23-13-21-20-12(24-13)18-5-1-2-5/h3,5H,1-2,4H2,(H,18,20)(H,19,22). The number of nitrogens with one attached hydrogen (secondary N) is 2. The minimum Gasteiger partial charge on any atom is -0.357 e. The van der Waals surface area contributed by atoms with E-state index in [1.165, 1.54) is 29.2 Å². The first kappa shape index (κ1) is 18.4. The van der Waals surface area contributed by atoms with Crippen LogP contribution in [0.1, 0.15) is 12.8 Å². The average Bonchev–Trinajstić information content (AvgIpc) is 3.24. The molecular weight excluding hydrogens is 434 g/mol. The van der Waals surface area contributed by atoms with Crippen LogP contribution in [0.3, 0.4) is 0 Å². The van der Waals surface area contributed by atoms with Crippen molar-refractivity contribution >= 4 is 86.2 Å². The van der Waals surface area contributed by atoms with Crippen LogP contribution >= 0.6 is 69.5 Å². The fraction of sp³-hybridized carbons (Fsp3) is 0.308. The van der Waals surface area contributed by atoms with E-state index in [0.717, 1.165) is 18.0 Å². The van der Waals surface area contributed by atoms with Gasteiger partial charge in [-0.1, -0.05) is 69.5 Å². The smallest absolute Gasteiger partial charge is 0.234 e. The largest absolute Gasteiger partial charge is 0.357 e. The lowest BCUT2D eigenvalue weighted by Crippen LogP contribution is -2.14. The maximum atomic E-state index is 12.1. The highest BCUT2D eigenvalue weighted by Gasteiger charge is 2.22. The van der Waals surface area contributed by atoms with Crippen molar-refractivity contribution in [2.45, 2.75) is 23.2 Å². The number of hydrogen-bond donors (Lipinski definition) is 2. The van der Waals surface area contributed by atoms with Crippen LogP contribution in [0.15, 0.2) is 10.4 Å². The summed E-state index contributed by atoms with van der Waals surface area (Å²) >= 11 is 26.7. The van der Waals surface area contributed by atoms with E-state index in [2.05, 4.69) is 20.8 Å². The van der Waals surface area contributed by atoms with Crippen molar-refractivity contribution in [2.75, 3.05) is 16.4 Å². The molecule has 1 amide bonds. The van der Waals surface area contributed by atoms with Crippen molar-refractivity contribution in [3.63, 3.8) is 0 Å². The molecule has 2 aromatic rings. The lowest BCUT2D eigenvalue weighted by molar-refractivity contribution is -0.113. The monoisotopic (exact) mass is 442 g/mol. The van der Waals surface area contributed by atoms with E-state index >= 15 is 0 Å². The Bertz CT molecular complexity index is 755. The maximum absolute atomic E-state index is 12.1. The van der Waals surface area contributed by atoms with Crippen LogP contribution in [0.25, 0.3) is 0 Å². The third kappa shape index (κ3) is 4.59. The highest BCUT2D eigenvalue weighted by Crippen LogP contribution is 2.41. The SMILES string of the molecule is O=C(CSc1nnc(NC2CC2)s1)Nc1c(Cl)c(Cl)cc(Cl)c1Cl. The summed E-state index contributed by atoms with van der Waals surface area (Å²) in [5.41, 5.74) is 0.204. The summed E-state index contributed by atoms with van der Waals surface area (Å²) < 4.78 is 0.703. The fourth-order valence-corrected chi connectivity index (χ4v) is 4.25. The molecule has 3 rings (SSSR count). The quantitative estimate of drug-likeness (QED) is 0.458. The first-order valence-electron chi connectivity index (χ1n) is 6.79. The zero-order valence-corrected chi connectivity index (χ0v) is 16.6. The molecule has 24 heavy (non-hydrogen) atoms. The highest BCUT2D eigenvalue weighted by atomic mass is 35.5. The number of carbonyl (C=O) groups is 1. The van der Waals surface area contributed by atoms with Gasteiger partial charge in [0.1, 0.15) is 0 Å². The molecule has 5 nitrogen and oxygen atoms in total. The molecule has 128 valence electrons. The lowest BCUT2D eigenvalue weighted by Gasteiger charge is -2.11. The molecule has 1 heterocycles. The van der Waals surface area contributed by atoms with Gasteiger partial charge in [-0.15, -0.1) is 10.2 Å². The van der Waals surface area contributed by atoms with Gasteiger partial charge in [-0.3, -0.25) is 4.79 Å². The Labute approximate surface area is 166 Å². The Kier molecular flexibility index (Phi) is 6.00. The van der Waals surface area contributed by atoms with Crippen LogP contribution in [0.5, 0.6) is 0 Å². The summed E-state index contributed by atoms with van der Waals surface area (Å²) in [6.45, 7) is 0. The fourth-order valence-electron chi connectivity index (χ4n) is 1.71. The first-order chi connectivity index (χ1) is 11.4. The number of hydrogen-bond acceptors (Lipinski definition) is 6. The predicted molar refractivity (Wildman–Crippen MR) is 102 cm³/mol. The zero-order valence-electron chi connectivity index (χ0n) is 11.9. The number of halogens is 4. The molecule has 1 aliphatic carbocycles. The average molecular weight is 444 g/mol. The van der Waals surface area contributed by atoms with Gasteiger partial charge >= 0.3 is 0 Å². The number of rotatable bonds is 6. The molecule has 1 aromatic carbocycles. The minimum absolute atomic E-state index is 0.134. The third-order valence-corrected chi connectivity index (χ3v) is 6.58. The molecule has 0 radical (unpaired) electrons. The van der Waals surface area contributed by atoms with E-state index < -0.39 is 0 Å². The van der Waals surface area contributed by atoms with Crippen LogP contribution < -0.4 is 10.6 Å². The van der Waals surface area contributed by atoms with E-state index in [1.807, 2.05) is 0 Å². The Morgan fingerprint density at radius 3 is 2.50 bits per heavy atom. The summed E-state index contributed by atoms with van der Waals surface area (Å²) in [4.78, 5) is 12.1. The van der Waals surface area contributed by atoms with E-state index in [1.54, 1.807) is 0 Å². The van der Waals surface area contributed by atoms with Crippen molar-refractivity contribution in [2.24, 2.45) is 0 Å². The number of nitrogens with zero attached hydrogens (tertiary/aromatic N) is 2. The second-order valence-corrected chi connectivity index (χ2v) is 8.74. The summed E-state index contributed by atoms with van der Waals surface area (Å²) in [6.07, 6.45) is 2.32. The zero-order chi connectivity index (χ0) is 17.3. The number of benzene rings is 1. The normalized spacial score (nSPS) is 13.8. The van der Waals surface area contributed by atoms with E-state index in [4.69, 9.17) is 46.4 Å². The molecular formula is C13H10Cl4N4OS2. The van der Waals surface area contributed by atoms with E-state index in [0.29, 0.717) is 10.4 Å². The highest BCUT2D eigenvalue weighted by molar-refractivity contribution is 8.01.